The molecule has 2 N–H and O–H groups in total. The Bertz CT molecular complexity index is 927. The van der Waals surface area contributed by atoms with Crippen LogP contribution in [0.1, 0.15) is 18.5 Å². The highest BCUT2D eigenvalue weighted by atomic mass is 35.5. The molecule has 0 saturated carbocycles. The van der Waals surface area contributed by atoms with Gasteiger partial charge in [0.25, 0.3) is 0 Å². The van der Waals surface area contributed by atoms with Crippen molar-refractivity contribution in [2.75, 3.05) is 43.5 Å². The van der Waals surface area contributed by atoms with E-state index in [1.807, 2.05) is 30.3 Å². The molecule has 0 amide bonds. The van der Waals surface area contributed by atoms with Crippen LogP contribution in [-0.4, -0.2) is 38.3 Å². The first kappa shape index (κ1) is 20.2. The number of benzene rings is 2. The summed E-state index contributed by atoms with van der Waals surface area (Å²) in [5.41, 5.74) is 3.49. The van der Waals surface area contributed by atoms with Crippen LogP contribution in [0.25, 0.3) is 10.9 Å². The van der Waals surface area contributed by atoms with Gasteiger partial charge in [-0.05, 0) is 43.3 Å². The summed E-state index contributed by atoms with van der Waals surface area (Å²) >= 11 is 0. The van der Waals surface area contributed by atoms with Crippen molar-refractivity contribution >= 4 is 34.8 Å². The van der Waals surface area contributed by atoms with Crippen molar-refractivity contribution in [2.45, 2.75) is 13.0 Å². The van der Waals surface area contributed by atoms with Gasteiger partial charge in [0, 0.05) is 42.8 Å². The van der Waals surface area contributed by atoms with Crippen LogP contribution in [0, 0.1) is 0 Å². The number of hydrogen-bond donors (Lipinski definition) is 2. The molecule has 148 valence electrons. The summed E-state index contributed by atoms with van der Waals surface area (Å²) in [7, 11) is 1.71. The summed E-state index contributed by atoms with van der Waals surface area (Å²) in [6.07, 6.45) is 0. The average molecular weight is 399 g/mol. The molecule has 0 aliphatic carbocycles. The molecule has 0 spiro atoms. The molecule has 1 aromatic heterocycles. The van der Waals surface area contributed by atoms with Gasteiger partial charge >= 0.3 is 0 Å². The van der Waals surface area contributed by atoms with Crippen LogP contribution in [-0.2, 0) is 0 Å². The lowest BCUT2D eigenvalue weighted by atomic mass is 10.0. The van der Waals surface area contributed by atoms with E-state index in [4.69, 9.17) is 9.72 Å². The van der Waals surface area contributed by atoms with E-state index in [0.29, 0.717) is 0 Å². The van der Waals surface area contributed by atoms with E-state index < -0.39 is 0 Å². The van der Waals surface area contributed by atoms with Gasteiger partial charge < -0.3 is 20.3 Å². The molecule has 4 rings (SSSR count). The normalized spacial score (nSPS) is 15.0. The van der Waals surface area contributed by atoms with Crippen molar-refractivity contribution in [3.63, 3.8) is 0 Å². The highest BCUT2D eigenvalue weighted by Crippen LogP contribution is 2.32. The molecule has 1 unspecified atom stereocenters. The van der Waals surface area contributed by atoms with Crippen LogP contribution < -0.4 is 20.3 Å². The van der Waals surface area contributed by atoms with Crippen molar-refractivity contribution in [3.8, 4) is 5.75 Å². The first-order valence-corrected chi connectivity index (χ1v) is 9.50. The van der Waals surface area contributed by atoms with Crippen LogP contribution in [0.5, 0.6) is 5.75 Å². The van der Waals surface area contributed by atoms with Gasteiger partial charge in [-0.1, -0.05) is 18.2 Å². The third kappa shape index (κ3) is 4.32. The summed E-state index contributed by atoms with van der Waals surface area (Å²) in [5.74, 6) is 1.76. The van der Waals surface area contributed by atoms with E-state index in [9.17, 15) is 0 Å². The molecule has 2 heterocycles. The summed E-state index contributed by atoms with van der Waals surface area (Å²) in [6, 6.07) is 18.8. The van der Waals surface area contributed by atoms with Crippen LogP contribution in [0.15, 0.2) is 54.6 Å². The Morgan fingerprint density at radius 2 is 1.86 bits per heavy atom. The molecule has 1 fully saturated rings. The molecule has 5 nitrogen and oxygen atoms in total. The minimum atomic E-state index is 0. The second kappa shape index (κ2) is 9.13. The fraction of sp³-hybridized carbons (Fsp3) is 0.318. The SMILES string of the molecule is COc1ccc(N2CCNCC2)c(C(C)Nc2ccc3ccccc3n2)c1.Cl. The summed E-state index contributed by atoms with van der Waals surface area (Å²) in [6.45, 7) is 6.23. The number of hydrogen-bond acceptors (Lipinski definition) is 5. The molecule has 0 bridgehead atoms. The van der Waals surface area contributed by atoms with Crippen molar-refractivity contribution in [2.24, 2.45) is 0 Å². The van der Waals surface area contributed by atoms with E-state index in [0.717, 1.165) is 48.6 Å². The van der Waals surface area contributed by atoms with Gasteiger partial charge in [-0.15, -0.1) is 12.4 Å². The topological polar surface area (TPSA) is 49.4 Å². The number of methoxy groups -OCH3 is 1. The Morgan fingerprint density at radius 1 is 1.07 bits per heavy atom. The molecule has 28 heavy (non-hydrogen) atoms. The predicted octanol–water partition coefficient (Wildman–Crippen LogP) is 4.25. The monoisotopic (exact) mass is 398 g/mol. The Balaban J connectivity index is 0.00000225. The molecule has 1 atom stereocenters. The van der Waals surface area contributed by atoms with Gasteiger partial charge in [0.05, 0.1) is 18.7 Å². The third-order valence-electron chi connectivity index (χ3n) is 5.12. The number of ether oxygens (including phenoxy) is 1. The van der Waals surface area contributed by atoms with E-state index in [1.54, 1.807) is 7.11 Å². The van der Waals surface area contributed by atoms with Gasteiger partial charge in [-0.25, -0.2) is 4.98 Å². The zero-order valence-electron chi connectivity index (χ0n) is 16.3. The Kier molecular flexibility index (Phi) is 6.60. The van der Waals surface area contributed by atoms with Gasteiger partial charge in [-0.3, -0.25) is 0 Å². The lowest BCUT2D eigenvalue weighted by Crippen LogP contribution is -2.44. The third-order valence-corrected chi connectivity index (χ3v) is 5.12. The molecule has 6 heteroatoms. The minimum Gasteiger partial charge on any atom is -0.497 e. The largest absolute Gasteiger partial charge is 0.497 e. The zero-order chi connectivity index (χ0) is 18.6. The fourth-order valence-corrected chi connectivity index (χ4v) is 3.65. The number of fused-ring (bicyclic) bond motifs is 1. The number of rotatable bonds is 5. The summed E-state index contributed by atoms with van der Waals surface area (Å²) in [5, 5.41) is 8.14. The lowest BCUT2D eigenvalue weighted by molar-refractivity contribution is 0.414. The number of aromatic nitrogens is 1. The average Bonchev–Trinajstić information content (AvgIpc) is 2.74. The van der Waals surface area contributed by atoms with Gasteiger partial charge in [-0.2, -0.15) is 0 Å². The second-order valence-electron chi connectivity index (χ2n) is 6.92. The molecular formula is C22H27ClN4O. The van der Waals surface area contributed by atoms with E-state index in [2.05, 4.69) is 46.7 Å². The molecule has 1 aliphatic heterocycles. The molecule has 3 aromatic rings. The standard InChI is InChI=1S/C22H26N4O.ClH/c1-16(24-22-10-7-17-5-3-4-6-20(17)25-22)19-15-18(27-2)8-9-21(19)26-13-11-23-12-14-26;/h3-10,15-16,23H,11-14H2,1-2H3,(H,24,25);1H. The maximum absolute atomic E-state index is 5.48. The summed E-state index contributed by atoms with van der Waals surface area (Å²) in [4.78, 5) is 7.20. The van der Waals surface area contributed by atoms with Crippen molar-refractivity contribution in [1.82, 2.24) is 10.3 Å². The van der Waals surface area contributed by atoms with Crippen LogP contribution in [0.3, 0.4) is 0 Å². The van der Waals surface area contributed by atoms with Crippen molar-refractivity contribution in [1.29, 1.82) is 0 Å². The number of nitrogens with zero attached hydrogens (tertiary/aromatic N) is 2. The maximum atomic E-state index is 5.48. The Hall–Kier alpha value is -2.50. The number of pyridine rings is 1. The van der Waals surface area contributed by atoms with Crippen LogP contribution >= 0.6 is 12.4 Å². The molecule has 0 radical (unpaired) electrons. The first-order chi connectivity index (χ1) is 13.2. The zero-order valence-corrected chi connectivity index (χ0v) is 17.1. The number of halogens is 1. The molecular weight excluding hydrogens is 372 g/mol. The molecule has 2 aromatic carbocycles. The van der Waals surface area contributed by atoms with Gasteiger partial charge in [0.15, 0.2) is 0 Å². The number of anilines is 2. The minimum absolute atomic E-state index is 0. The van der Waals surface area contributed by atoms with Crippen LogP contribution in [0.4, 0.5) is 11.5 Å². The smallest absolute Gasteiger partial charge is 0.127 e. The maximum Gasteiger partial charge on any atom is 0.127 e. The van der Waals surface area contributed by atoms with E-state index in [-0.39, 0.29) is 18.4 Å². The predicted molar refractivity (Wildman–Crippen MR) is 119 cm³/mol. The second-order valence-corrected chi connectivity index (χ2v) is 6.92. The van der Waals surface area contributed by atoms with Gasteiger partial charge in [0.1, 0.15) is 11.6 Å². The van der Waals surface area contributed by atoms with Gasteiger partial charge in [0.2, 0.25) is 0 Å². The first-order valence-electron chi connectivity index (χ1n) is 9.50. The molecule has 1 saturated heterocycles. The quantitative estimate of drug-likeness (QED) is 0.672. The number of nitrogens with one attached hydrogen (secondary N) is 2. The van der Waals surface area contributed by atoms with E-state index >= 15 is 0 Å². The van der Waals surface area contributed by atoms with Crippen molar-refractivity contribution < 1.29 is 4.74 Å². The van der Waals surface area contributed by atoms with E-state index in [1.165, 1.54) is 11.3 Å². The summed E-state index contributed by atoms with van der Waals surface area (Å²) < 4.78 is 5.48. The lowest BCUT2D eigenvalue weighted by Gasteiger charge is -2.32. The van der Waals surface area contributed by atoms with Crippen LogP contribution in [0.2, 0.25) is 0 Å². The molecule has 1 aliphatic rings. The Labute approximate surface area is 172 Å². The highest BCUT2D eigenvalue weighted by molar-refractivity contribution is 5.85. The Morgan fingerprint density at radius 3 is 2.64 bits per heavy atom. The fourth-order valence-electron chi connectivity index (χ4n) is 3.65. The number of piperazine rings is 1. The highest BCUT2D eigenvalue weighted by Gasteiger charge is 2.19. The number of para-hydroxylation sites is 1. The van der Waals surface area contributed by atoms with Crippen molar-refractivity contribution in [3.05, 3.63) is 60.2 Å².